The van der Waals surface area contributed by atoms with E-state index in [4.69, 9.17) is 49.0 Å². The van der Waals surface area contributed by atoms with Crippen LogP contribution in [-0.4, -0.2) is 25.0 Å². The van der Waals surface area contributed by atoms with Crippen LogP contribution in [0.1, 0.15) is 53.7 Å². The lowest BCUT2D eigenvalue weighted by molar-refractivity contribution is -0.138. The van der Waals surface area contributed by atoms with Crippen LogP contribution < -0.4 is 14.8 Å². The van der Waals surface area contributed by atoms with E-state index < -0.39 is 11.9 Å². The van der Waals surface area contributed by atoms with Crippen molar-refractivity contribution in [2.24, 2.45) is 0 Å². The number of carbonyl (C=O) groups excluding carboxylic acids is 2. The van der Waals surface area contributed by atoms with Gasteiger partial charge in [-0.2, -0.15) is 0 Å². The monoisotopic (exact) mass is 597 g/mol. The third-order valence-corrected chi connectivity index (χ3v) is 7.80. The predicted octanol–water partition coefficient (Wildman–Crippen LogP) is 7.76. The highest BCUT2D eigenvalue weighted by Gasteiger charge is 2.43. The normalized spacial score (nSPS) is 15.9. The Morgan fingerprint density at radius 3 is 2.35 bits per heavy atom. The molecule has 5 rings (SSSR count). The summed E-state index contributed by atoms with van der Waals surface area (Å²) in [7, 11) is 0. The van der Waals surface area contributed by atoms with Crippen molar-refractivity contribution in [1.29, 1.82) is 0 Å². The molecule has 0 unspecified atom stereocenters. The van der Waals surface area contributed by atoms with Gasteiger partial charge in [0.05, 0.1) is 39.6 Å². The lowest BCUT2D eigenvalue weighted by Gasteiger charge is -2.30. The maximum Gasteiger partial charge on any atom is 0.336 e. The van der Waals surface area contributed by atoms with Crippen LogP contribution in [0.5, 0.6) is 11.5 Å². The molecule has 0 amide bonds. The molecule has 1 atom stereocenters. The summed E-state index contributed by atoms with van der Waals surface area (Å²) >= 11 is 19.0. The SMILES string of the molecule is CCOC(=O)C1=C(C)NC2=C(C(=O)c3ccccc32)[C@H]1c1cc(Cl)c(OCc2ccc(Cl)c(Cl)c2)c(OCC)c1. The van der Waals surface area contributed by atoms with Gasteiger partial charge in [0, 0.05) is 28.3 Å². The Balaban J connectivity index is 1.61. The van der Waals surface area contributed by atoms with Crippen LogP contribution in [0.15, 0.2) is 71.4 Å². The minimum Gasteiger partial charge on any atom is -0.490 e. The van der Waals surface area contributed by atoms with Gasteiger partial charge in [-0.05, 0) is 56.2 Å². The summed E-state index contributed by atoms with van der Waals surface area (Å²) < 4.78 is 17.4. The van der Waals surface area contributed by atoms with E-state index in [0.29, 0.717) is 61.8 Å². The Hall–Kier alpha value is -3.45. The Labute approximate surface area is 247 Å². The third kappa shape index (κ3) is 5.07. The lowest BCUT2D eigenvalue weighted by Crippen LogP contribution is -2.29. The number of ketones is 1. The van der Waals surface area contributed by atoms with Crippen molar-refractivity contribution in [3.05, 3.63) is 109 Å². The van der Waals surface area contributed by atoms with E-state index in [0.717, 1.165) is 11.1 Å². The molecule has 0 aromatic heterocycles. The third-order valence-electron chi connectivity index (χ3n) is 6.78. The Bertz CT molecular complexity index is 1590. The Kier molecular flexibility index (Phi) is 8.13. The van der Waals surface area contributed by atoms with Gasteiger partial charge in [0.1, 0.15) is 6.61 Å². The molecule has 0 radical (unpaired) electrons. The highest BCUT2D eigenvalue weighted by molar-refractivity contribution is 6.42. The van der Waals surface area contributed by atoms with E-state index in [2.05, 4.69) is 5.32 Å². The smallest absolute Gasteiger partial charge is 0.336 e. The van der Waals surface area contributed by atoms with Crippen molar-refractivity contribution in [3.8, 4) is 11.5 Å². The minimum atomic E-state index is -0.740. The topological polar surface area (TPSA) is 73.9 Å². The molecular formula is C31H26Cl3NO5. The first-order valence-corrected chi connectivity index (χ1v) is 13.9. The van der Waals surface area contributed by atoms with Crippen molar-refractivity contribution in [2.45, 2.75) is 33.3 Å². The number of nitrogens with one attached hydrogen (secondary N) is 1. The van der Waals surface area contributed by atoms with Crippen LogP contribution in [-0.2, 0) is 16.1 Å². The lowest BCUT2D eigenvalue weighted by atomic mass is 9.79. The molecule has 206 valence electrons. The number of carbonyl (C=O) groups is 2. The molecular weight excluding hydrogens is 573 g/mol. The second-order valence-electron chi connectivity index (χ2n) is 9.28. The average Bonchev–Trinajstić information content (AvgIpc) is 3.20. The zero-order chi connectivity index (χ0) is 28.6. The number of hydrogen-bond acceptors (Lipinski definition) is 6. The van der Waals surface area contributed by atoms with Crippen molar-refractivity contribution in [2.75, 3.05) is 13.2 Å². The second-order valence-corrected chi connectivity index (χ2v) is 10.5. The Morgan fingerprint density at radius 2 is 1.65 bits per heavy atom. The predicted molar refractivity (Wildman–Crippen MR) is 156 cm³/mol. The van der Waals surface area contributed by atoms with Crippen LogP contribution >= 0.6 is 34.8 Å². The Morgan fingerprint density at radius 1 is 0.900 bits per heavy atom. The molecule has 0 saturated heterocycles. The first-order chi connectivity index (χ1) is 19.2. The number of benzene rings is 3. The summed E-state index contributed by atoms with van der Waals surface area (Å²) in [5.41, 5.74) is 4.82. The van der Waals surface area contributed by atoms with Crippen LogP contribution in [0.3, 0.4) is 0 Å². The fourth-order valence-electron chi connectivity index (χ4n) is 5.08. The zero-order valence-electron chi connectivity index (χ0n) is 22.1. The number of ether oxygens (including phenoxy) is 3. The van der Waals surface area contributed by atoms with Gasteiger partial charge in [-0.3, -0.25) is 4.79 Å². The minimum absolute atomic E-state index is 0.161. The van der Waals surface area contributed by atoms with E-state index >= 15 is 0 Å². The molecule has 0 fully saturated rings. The summed E-state index contributed by atoms with van der Waals surface area (Å²) in [6.45, 7) is 6.08. The largest absolute Gasteiger partial charge is 0.490 e. The van der Waals surface area contributed by atoms with Gasteiger partial charge in [-0.1, -0.05) is 65.1 Å². The van der Waals surface area contributed by atoms with Gasteiger partial charge < -0.3 is 19.5 Å². The summed E-state index contributed by atoms with van der Waals surface area (Å²) in [5.74, 6) is -0.695. The van der Waals surface area contributed by atoms with E-state index in [1.54, 1.807) is 44.2 Å². The number of fused-ring (bicyclic) bond motifs is 2. The van der Waals surface area contributed by atoms with Crippen LogP contribution in [0.4, 0.5) is 0 Å². The van der Waals surface area contributed by atoms with E-state index in [1.807, 2.05) is 31.2 Å². The van der Waals surface area contributed by atoms with Crippen LogP contribution in [0, 0.1) is 0 Å². The molecule has 6 nitrogen and oxygen atoms in total. The molecule has 1 aliphatic heterocycles. The van der Waals surface area contributed by atoms with E-state index in [9.17, 15) is 9.59 Å². The fraction of sp³-hybridized carbons (Fsp3) is 0.226. The van der Waals surface area contributed by atoms with Gasteiger partial charge in [0.2, 0.25) is 0 Å². The van der Waals surface area contributed by atoms with Crippen molar-refractivity contribution in [1.82, 2.24) is 5.32 Å². The van der Waals surface area contributed by atoms with Gasteiger partial charge in [0.25, 0.3) is 0 Å². The molecule has 9 heteroatoms. The molecule has 1 heterocycles. The summed E-state index contributed by atoms with van der Waals surface area (Å²) in [4.78, 5) is 27.0. The molecule has 2 aliphatic rings. The summed E-state index contributed by atoms with van der Waals surface area (Å²) in [6.07, 6.45) is 0. The molecule has 1 N–H and O–H groups in total. The van der Waals surface area contributed by atoms with Gasteiger partial charge in [-0.15, -0.1) is 0 Å². The maximum absolute atomic E-state index is 13.7. The molecule has 3 aromatic carbocycles. The first-order valence-electron chi connectivity index (χ1n) is 12.8. The van der Waals surface area contributed by atoms with Gasteiger partial charge in [0.15, 0.2) is 17.3 Å². The van der Waals surface area contributed by atoms with Crippen LogP contribution in [0.25, 0.3) is 5.70 Å². The standard InChI is InChI=1S/C31H26Cl3NO5/c1-4-38-24-14-18(13-23(34)30(24)40-15-17-10-11-21(32)22(33)12-17)26-25(31(37)39-5-2)16(3)35-28-19-8-6-7-9-20(19)29(36)27(26)28/h6-14,26,35H,4-5,15H2,1-3H3/t26-/m0/s1. The molecule has 40 heavy (non-hydrogen) atoms. The van der Waals surface area contributed by atoms with Crippen LogP contribution in [0.2, 0.25) is 15.1 Å². The zero-order valence-corrected chi connectivity index (χ0v) is 24.3. The number of Topliss-reactive ketones (excluding diaryl/α,β-unsaturated/α-hetero) is 1. The quantitative estimate of drug-likeness (QED) is 0.267. The molecule has 0 spiro atoms. The van der Waals surface area contributed by atoms with E-state index in [-0.39, 0.29) is 24.0 Å². The molecule has 1 aliphatic carbocycles. The second kappa shape index (κ2) is 11.6. The van der Waals surface area contributed by atoms with E-state index in [1.165, 1.54) is 0 Å². The highest BCUT2D eigenvalue weighted by Crippen LogP contribution is 2.49. The number of hydrogen-bond donors (Lipinski definition) is 1. The number of rotatable bonds is 8. The van der Waals surface area contributed by atoms with Crippen molar-refractivity contribution in [3.63, 3.8) is 0 Å². The average molecular weight is 599 g/mol. The first kappa shape index (κ1) is 28.1. The summed E-state index contributed by atoms with van der Waals surface area (Å²) in [5, 5.41) is 4.43. The van der Waals surface area contributed by atoms with Crippen molar-refractivity contribution >= 4 is 52.3 Å². The van der Waals surface area contributed by atoms with Gasteiger partial charge >= 0.3 is 5.97 Å². The number of dihydropyridines is 1. The summed E-state index contributed by atoms with van der Waals surface area (Å²) in [6, 6.07) is 16.1. The fourth-order valence-corrected chi connectivity index (χ4v) is 5.68. The molecule has 3 aromatic rings. The molecule has 0 saturated carbocycles. The van der Waals surface area contributed by atoms with Gasteiger partial charge in [-0.25, -0.2) is 4.79 Å². The highest BCUT2D eigenvalue weighted by atomic mass is 35.5. The maximum atomic E-state index is 13.7. The molecule has 0 bridgehead atoms. The van der Waals surface area contributed by atoms with Crippen molar-refractivity contribution < 1.29 is 23.8 Å². The number of allylic oxidation sites excluding steroid dienone is 2. The number of halogens is 3. The number of esters is 1.